The Balaban J connectivity index is 1.02. The van der Waals surface area contributed by atoms with E-state index in [-0.39, 0.29) is 28.4 Å². The number of ether oxygens (including phenoxy) is 1. The molecule has 2 aromatic carbocycles. The lowest BCUT2D eigenvalue weighted by atomic mass is 9.57. The van der Waals surface area contributed by atoms with E-state index in [9.17, 15) is 22.7 Å². The summed E-state index contributed by atoms with van der Waals surface area (Å²) in [7, 11) is -1.90. The quantitative estimate of drug-likeness (QED) is 0.322. The number of alkyl carbamates (subject to hydrolysis) is 1. The molecule has 7 rings (SSSR count). The Labute approximate surface area is 297 Å². The molecule has 3 heterocycles. The number of methoxy groups -OCH3 is 1. The maximum atomic E-state index is 15.0. The van der Waals surface area contributed by atoms with Crippen molar-refractivity contribution < 1.29 is 27.4 Å². The third kappa shape index (κ3) is 7.17. The van der Waals surface area contributed by atoms with Crippen molar-refractivity contribution in [3.8, 4) is 0 Å². The minimum absolute atomic E-state index is 0.0341. The fourth-order valence-electron chi connectivity index (χ4n) is 10.1. The molecule has 0 radical (unpaired) electrons. The summed E-state index contributed by atoms with van der Waals surface area (Å²) >= 11 is 0. The predicted molar refractivity (Wildman–Crippen MR) is 193 cm³/mol. The molecular formula is C39H55FN4O5S. The predicted octanol–water partition coefficient (Wildman–Crippen LogP) is 5.36. The Morgan fingerprint density at radius 3 is 2.28 bits per heavy atom. The van der Waals surface area contributed by atoms with Crippen molar-refractivity contribution in [2.24, 2.45) is 11.8 Å². The second-order valence-electron chi connectivity index (χ2n) is 15.9. The van der Waals surface area contributed by atoms with Crippen molar-refractivity contribution in [2.75, 3.05) is 64.4 Å². The average molecular weight is 711 g/mol. The van der Waals surface area contributed by atoms with Crippen LogP contribution in [0.1, 0.15) is 76.2 Å². The first-order valence-electron chi connectivity index (χ1n) is 19.0. The number of carbonyl (C=O) groups is 1. The number of nitrogens with zero attached hydrogens (tertiary/aromatic N) is 3. The molecule has 3 aliphatic heterocycles. The highest BCUT2D eigenvalue weighted by molar-refractivity contribution is 7.92. The third-order valence-corrected chi connectivity index (χ3v) is 15.1. The number of piperidine rings is 1. The summed E-state index contributed by atoms with van der Waals surface area (Å²) in [6, 6.07) is 14.4. The first-order chi connectivity index (χ1) is 24.1. The van der Waals surface area contributed by atoms with Crippen LogP contribution in [-0.4, -0.2) is 106 Å². The molecule has 2 aromatic rings. The van der Waals surface area contributed by atoms with E-state index < -0.39 is 21.5 Å². The van der Waals surface area contributed by atoms with E-state index >= 15 is 0 Å². The van der Waals surface area contributed by atoms with E-state index in [1.807, 2.05) is 18.2 Å². The lowest BCUT2D eigenvalue weighted by Crippen LogP contribution is -2.67. The molecule has 50 heavy (non-hydrogen) atoms. The number of sulfone groups is 1. The molecule has 0 unspecified atom stereocenters. The summed E-state index contributed by atoms with van der Waals surface area (Å²) in [5.41, 5.74) is 0.820. The number of β-amino-alcohol motifs (C(OH)–C–C–N with tert-alkyl or cyclic N) is 1. The molecule has 1 amide bonds. The second-order valence-corrected chi connectivity index (χ2v) is 18.1. The van der Waals surface area contributed by atoms with Crippen molar-refractivity contribution >= 4 is 21.6 Å². The number of anilines is 1. The molecule has 0 aromatic heterocycles. The van der Waals surface area contributed by atoms with Gasteiger partial charge in [0.2, 0.25) is 0 Å². The van der Waals surface area contributed by atoms with Gasteiger partial charge < -0.3 is 29.9 Å². The molecule has 11 heteroatoms. The molecule has 5 aliphatic rings. The molecule has 0 spiro atoms. The van der Waals surface area contributed by atoms with Crippen LogP contribution in [0.4, 0.5) is 14.9 Å². The molecular weight excluding hydrogens is 656 g/mol. The molecule has 0 bridgehead atoms. The summed E-state index contributed by atoms with van der Waals surface area (Å²) in [5, 5.41) is 14.5. The molecule has 5 fully saturated rings. The van der Waals surface area contributed by atoms with Gasteiger partial charge >= 0.3 is 6.09 Å². The third-order valence-electron chi connectivity index (χ3n) is 12.8. The molecule has 2 saturated carbocycles. The van der Waals surface area contributed by atoms with Gasteiger partial charge in [0.15, 0.2) is 9.84 Å². The van der Waals surface area contributed by atoms with Crippen LogP contribution in [0, 0.1) is 17.7 Å². The van der Waals surface area contributed by atoms with Crippen LogP contribution in [0.25, 0.3) is 0 Å². The van der Waals surface area contributed by atoms with Crippen LogP contribution in [0.2, 0.25) is 0 Å². The number of hydrogen-bond donors (Lipinski definition) is 2. The van der Waals surface area contributed by atoms with E-state index in [1.54, 1.807) is 18.2 Å². The van der Waals surface area contributed by atoms with Gasteiger partial charge in [0.05, 0.1) is 17.3 Å². The maximum absolute atomic E-state index is 15.0. The number of aliphatic hydroxyl groups is 1. The number of hydrogen-bond acceptors (Lipinski definition) is 8. The molecule has 274 valence electrons. The number of nitrogens with one attached hydrogen (secondary N) is 1. The van der Waals surface area contributed by atoms with Crippen LogP contribution in [0.5, 0.6) is 0 Å². The number of carbonyl (C=O) groups excluding carboxylic acids is 1. The highest BCUT2D eigenvalue weighted by atomic mass is 32.2. The zero-order valence-corrected chi connectivity index (χ0v) is 30.4. The van der Waals surface area contributed by atoms with Gasteiger partial charge in [-0.15, -0.1) is 0 Å². The largest absolute Gasteiger partial charge is 0.453 e. The standard InChI is InChI=1S/C39H55FN4O5S/c1-49-37(45)41-36-13-6-12-35(36)39(28-42-20-7-21-42,30-8-5-9-31(40)24-30)29-18-22-43(23-19-29)25-38(46)26-44(27-38)32-14-16-34(17-15-32)50(47,48)33-10-3-2-4-11-33/h5,8-9,14-17,24,29,33,35-36,46H,2-4,6-7,10-13,18-23,25-28H2,1H3,(H,41,45)/t35-,36-,39-/m0/s1. The first-order valence-corrected chi connectivity index (χ1v) is 20.5. The Morgan fingerprint density at radius 1 is 0.920 bits per heavy atom. The Hall–Kier alpha value is -2.73. The summed E-state index contributed by atoms with van der Waals surface area (Å²) in [5.74, 6) is 0.233. The highest BCUT2D eigenvalue weighted by Gasteiger charge is 2.53. The topological polar surface area (TPSA) is 102 Å². The SMILES string of the molecule is COC(=O)N[C@H]1CCC[C@@H]1[C@](CN1CCC1)(c1cccc(F)c1)C1CCN(CC2(O)CN(c3ccc(S(=O)(=O)C4CCCCC4)cc3)C2)CC1. The maximum Gasteiger partial charge on any atom is 0.407 e. The molecule has 2 N–H and O–H groups in total. The number of halogens is 1. The van der Waals surface area contributed by atoms with E-state index in [4.69, 9.17) is 4.74 Å². The number of likely N-dealkylation sites (tertiary alicyclic amines) is 2. The first kappa shape index (κ1) is 35.7. The zero-order chi connectivity index (χ0) is 34.9. The van der Waals surface area contributed by atoms with Gasteiger partial charge in [-0.3, -0.25) is 0 Å². The van der Waals surface area contributed by atoms with Crippen molar-refractivity contribution in [2.45, 2.75) is 97.8 Å². The van der Waals surface area contributed by atoms with E-state index in [0.29, 0.717) is 30.4 Å². The van der Waals surface area contributed by atoms with E-state index in [0.717, 1.165) is 108 Å². The molecule has 3 atom stereocenters. The van der Waals surface area contributed by atoms with Gasteiger partial charge in [-0.05, 0) is 125 Å². The smallest absolute Gasteiger partial charge is 0.407 e. The van der Waals surface area contributed by atoms with Gasteiger partial charge in [0.1, 0.15) is 11.4 Å². The monoisotopic (exact) mass is 710 g/mol. The van der Waals surface area contributed by atoms with E-state index in [2.05, 4.69) is 26.1 Å². The summed E-state index contributed by atoms with van der Waals surface area (Å²) in [4.78, 5) is 19.9. The summed E-state index contributed by atoms with van der Waals surface area (Å²) in [6.45, 7) is 6.23. The van der Waals surface area contributed by atoms with Gasteiger partial charge in [-0.1, -0.05) is 37.8 Å². The van der Waals surface area contributed by atoms with Gasteiger partial charge in [-0.25, -0.2) is 17.6 Å². The number of rotatable bonds is 11. The van der Waals surface area contributed by atoms with Gasteiger partial charge in [0, 0.05) is 43.3 Å². The molecule has 3 saturated heterocycles. The van der Waals surface area contributed by atoms with Crippen molar-refractivity contribution in [1.29, 1.82) is 0 Å². The molecule has 9 nitrogen and oxygen atoms in total. The second kappa shape index (κ2) is 14.7. The fraction of sp³-hybridized carbons (Fsp3) is 0.667. The Morgan fingerprint density at radius 2 is 1.64 bits per heavy atom. The number of benzene rings is 2. The lowest BCUT2D eigenvalue weighted by Gasteiger charge is -2.55. The van der Waals surface area contributed by atoms with Crippen LogP contribution >= 0.6 is 0 Å². The Kier molecular flexibility index (Phi) is 10.5. The minimum Gasteiger partial charge on any atom is -0.453 e. The van der Waals surface area contributed by atoms with Crippen LogP contribution in [0.15, 0.2) is 53.4 Å². The van der Waals surface area contributed by atoms with Crippen LogP contribution in [0.3, 0.4) is 0 Å². The van der Waals surface area contributed by atoms with Crippen molar-refractivity contribution in [3.05, 3.63) is 59.9 Å². The summed E-state index contributed by atoms with van der Waals surface area (Å²) in [6.07, 6.45) is 10.1. The van der Waals surface area contributed by atoms with Crippen molar-refractivity contribution in [1.82, 2.24) is 15.1 Å². The average Bonchev–Trinajstić information content (AvgIpc) is 3.56. The van der Waals surface area contributed by atoms with Crippen LogP contribution < -0.4 is 10.2 Å². The van der Waals surface area contributed by atoms with Gasteiger partial charge in [0.25, 0.3) is 0 Å². The fourth-order valence-corrected chi connectivity index (χ4v) is 12.0. The minimum atomic E-state index is -3.31. The van der Waals surface area contributed by atoms with Gasteiger partial charge in [-0.2, -0.15) is 0 Å². The van der Waals surface area contributed by atoms with E-state index in [1.165, 1.54) is 19.6 Å². The number of amides is 1. The zero-order valence-electron chi connectivity index (χ0n) is 29.6. The Bertz CT molecular complexity index is 1580. The molecule has 2 aliphatic carbocycles. The summed E-state index contributed by atoms with van der Waals surface area (Å²) < 4.78 is 46.4. The van der Waals surface area contributed by atoms with Crippen LogP contribution in [-0.2, 0) is 20.0 Å². The van der Waals surface area contributed by atoms with Crippen molar-refractivity contribution in [3.63, 3.8) is 0 Å². The highest BCUT2D eigenvalue weighted by Crippen LogP contribution is 2.51. The lowest BCUT2D eigenvalue weighted by molar-refractivity contribution is -0.0362. The normalized spacial score (nSPS) is 26.5.